The minimum Gasteiger partial charge on any atom is -0.497 e. The van der Waals surface area contributed by atoms with Crippen molar-refractivity contribution in [1.82, 2.24) is 4.90 Å². The largest absolute Gasteiger partial charge is 0.497 e. The molecular formula is C20H25BrN2O3. The second-order valence-corrected chi connectivity index (χ2v) is 7.11. The Kier molecular flexibility index (Phi) is 6.27. The molecule has 1 heterocycles. The highest BCUT2D eigenvalue weighted by molar-refractivity contribution is 9.10. The van der Waals surface area contributed by atoms with E-state index in [1.165, 1.54) is 5.69 Å². The number of hydrogen-bond donors (Lipinski definition) is 0. The Morgan fingerprint density at radius 2 is 1.50 bits per heavy atom. The number of anilines is 1. The fourth-order valence-corrected chi connectivity index (χ4v) is 3.80. The Morgan fingerprint density at radius 3 is 2.08 bits per heavy atom. The van der Waals surface area contributed by atoms with Crippen molar-refractivity contribution >= 4 is 21.6 Å². The molecule has 0 bridgehead atoms. The van der Waals surface area contributed by atoms with Gasteiger partial charge in [0, 0.05) is 50.0 Å². The Balaban J connectivity index is 1.62. The molecule has 0 N–H and O–H groups in total. The summed E-state index contributed by atoms with van der Waals surface area (Å²) < 4.78 is 17.1. The zero-order valence-corrected chi connectivity index (χ0v) is 17.1. The quantitative estimate of drug-likeness (QED) is 0.709. The highest BCUT2D eigenvalue weighted by atomic mass is 79.9. The van der Waals surface area contributed by atoms with Crippen LogP contribution < -0.4 is 19.1 Å². The Bertz CT molecular complexity index is 729. The van der Waals surface area contributed by atoms with E-state index in [9.17, 15) is 0 Å². The van der Waals surface area contributed by atoms with Crippen LogP contribution in [0, 0.1) is 0 Å². The number of nitrogens with zero attached hydrogens (tertiary/aromatic N) is 2. The summed E-state index contributed by atoms with van der Waals surface area (Å²) in [6.07, 6.45) is 0. The molecule has 2 aromatic rings. The number of ether oxygens (including phenoxy) is 3. The van der Waals surface area contributed by atoms with Gasteiger partial charge in [0.1, 0.15) is 17.2 Å². The minimum atomic E-state index is 0.787. The molecule has 1 aliphatic heterocycles. The van der Waals surface area contributed by atoms with Crippen LogP contribution >= 0.6 is 15.9 Å². The van der Waals surface area contributed by atoms with Gasteiger partial charge in [-0.05, 0) is 46.3 Å². The van der Waals surface area contributed by atoms with Crippen molar-refractivity contribution in [2.24, 2.45) is 0 Å². The molecule has 5 nitrogen and oxygen atoms in total. The van der Waals surface area contributed by atoms with Gasteiger partial charge in [-0.25, -0.2) is 0 Å². The van der Waals surface area contributed by atoms with Crippen molar-refractivity contribution in [1.29, 1.82) is 0 Å². The van der Waals surface area contributed by atoms with E-state index in [1.54, 1.807) is 21.3 Å². The number of piperazine rings is 1. The van der Waals surface area contributed by atoms with Crippen LogP contribution in [-0.2, 0) is 6.54 Å². The Hall–Kier alpha value is -1.92. The molecule has 0 aromatic heterocycles. The Labute approximate surface area is 163 Å². The minimum absolute atomic E-state index is 0.787. The van der Waals surface area contributed by atoms with E-state index in [4.69, 9.17) is 14.2 Å². The van der Waals surface area contributed by atoms with Crippen LogP contribution in [0.25, 0.3) is 0 Å². The predicted molar refractivity (Wildman–Crippen MR) is 108 cm³/mol. The lowest BCUT2D eigenvalue weighted by Crippen LogP contribution is -2.46. The second-order valence-electron chi connectivity index (χ2n) is 6.26. The summed E-state index contributed by atoms with van der Waals surface area (Å²) in [5.74, 6) is 2.54. The molecule has 2 aromatic carbocycles. The summed E-state index contributed by atoms with van der Waals surface area (Å²) in [7, 11) is 5.06. The molecule has 0 unspecified atom stereocenters. The summed E-state index contributed by atoms with van der Waals surface area (Å²) in [4.78, 5) is 4.87. The lowest BCUT2D eigenvalue weighted by atomic mass is 10.1. The fraction of sp³-hybridized carbons (Fsp3) is 0.400. The molecule has 3 rings (SSSR count). The zero-order chi connectivity index (χ0) is 18.5. The van der Waals surface area contributed by atoms with E-state index in [1.807, 2.05) is 18.2 Å². The molecular weight excluding hydrogens is 396 g/mol. The molecule has 26 heavy (non-hydrogen) atoms. The van der Waals surface area contributed by atoms with Crippen LogP contribution in [-0.4, -0.2) is 52.4 Å². The summed E-state index contributed by atoms with van der Waals surface area (Å²) in [5, 5.41) is 0. The van der Waals surface area contributed by atoms with Gasteiger partial charge in [-0.1, -0.05) is 0 Å². The monoisotopic (exact) mass is 420 g/mol. The van der Waals surface area contributed by atoms with Crippen LogP contribution in [0.1, 0.15) is 5.56 Å². The van der Waals surface area contributed by atoms with Gasteiger partial charge in [-0.15, -0.1) is 0 Å². The third-order valence-electron chi connectivity index (χ3n) is 4.76. The average molecular weight is 421 g/mol. The molecule has 0 amide bonds. The van der Waals surface area contributed by atoms with E-state index < -0.39 is 0 Å². The molecule has 1 fully saturated rings. The van der Waals surface area contributed by atoms with E-state index in [2.05, 4.69) is 43.9 Å². The van der Waals surface area contributed by atoms with Crippen molar-refractivity contribution in [2.45, 2.75) is 6.54 Å². The van der Waals surface area contributed by atoms with Crippen LogP contribution in [0.4, 0.5) is 5.69 Å². The number of hydrogen-bond acceptors (Lipinski definition) is 5. The van der Waals surface area contributed by atoms with E-state index in [0.29, 0.717) is 0 Å². The first-order valence-electron chi connectivity index (χ1n) is 8.66. The third kappa shape index (κ3) is 4.24. The maximum absolute atomic E-state index is 5.55. The summed E-state index contributed by atoms with van der Waals surface area (Å²) >= 11 is 3.57. The molecule has 1 aliphatic rings. The van der Waals surface area contributed by atoms with Gasteiger partial charge in [0.2, 0.25) is 0 Å². The summed E-state index contributed by atoms with van der Waals surface area (Å²) in [6, 6.07) is 12.3. The number of methoxy groups -OCH3 is 3. The van der Waals surface area contributed by atoms with E-state index in [-0.39, 0.29) is 0 Å². The normalized spacial score (nSPS) is 15.0. The molecule has 0 radical (unpaired) electrons. The number of rotatable bonds is 6. The predicted octanol–water partition coefficient (Wildman–Crippen LogP) is 3.80. The van der Waals surface area contributed by atoms with Gasteiger partial charge < -0.3 is 19.1 Å². The first-order chi connectivity index (χ1) is 12.6. The molecule has 6 heteroatoms. The number of halogens is 1. The highest BCUT2D eigenvalue weighted by Crippen LogP contribution is 2.33. The van der Waals surface area contributed by atoms with Crippen LogP contribution in [0.2, 0.25) is 0 Å². The first-order valence-corrected chi connectivity index (χ1v) is 9.45. The average Bonchev–Trinajstić information content (AvgIpc) is 2.69. The second kappa shape index (κ2) is 8.64. The lowest BCUT2D eigenvalue weighted by molar-refractivity contribution is 0.246. The fourth-order valence-electron chi connectivity index (χ4n) is 3.24. The SMILES string of the molecule is COc1ccc(N2CCN(Cc3cc(Br)c(OC)cc3OC)CC2)cc1. The van der Waals surface area contributed by atoms with Crippen molar-refractivity contribution in [3.63, 3.8) is 0 Å². The number of benzene rings is 2. The van der Waals surface area contributed by atoms with Gasteiger partial charge in [0.15, 0.2) is 0 Å². The van der Waals surface area contributed by atoms with Crippen LogP contribution in [0.15, 0.2) is 40.9 Å². The van der Waals surface area contributed by atoms with Gasteiger partial charge in [0.05, 0.1) is 25.8 Å². The van der Waals surface area contributed by atoms with Crippen LogP contribution in [0.5, 0.6) is 17.2 Å². The molecule has 0 saturated carbocycles. The maximum atomic E-state index is 5.55. The van der Waals surface area contributed by atoms with Gasteiger partial charge in [-0.3, -0.25) is 4.90 Å². The topological polar surface area (TPSA) is 34.2 Å². The molecule has 140 valence electrons. The molecule has 0 aliphatic carbocycles. The third-order valence-corrected chi connectivity index (χ3v) is 5.38. The highest BCUT2D eigenvalue weighted by Gasteiger charge is 2.19. The maximum Gasteiger partial charge on any atom is 0.136 e. The smallest absolute Gasteiger partial charge is 0.136 e. The van der Waals surface area contributed by atoms with Gasteiger partial charge in [-0.2, -0.15) is 0 Å². The first kappa shape index (κ1) is 18.9. The summed E-state index contributed by atoms with van der Waals surface area (Å²) in [6.45, 7) is 4.90. The molecule has 0 spiro atoms. The molecule has 0 atom stereocenters. The van der Waals surface area contributed by atoms with E-state index in [0.717, 1.165) is 60.0 Å². The lowest BCUT2D eigenvalue weighted by Gasteiger charge is -2.36. The van der Waals surface area contributed by atoms with Crippen molar-refractivity contribution in [3.05, 3.63) is 46.4 Å². The van der Waals surface area contributed by atoms with E-state index >= 15 is 0 Å². The Morgan fingerprint density at radius 1 is 0.846 bits per heavy atom. The van der Waals surface area contributed by atoms with Gasteiger partial charge in [0.25, 0.3) is 0 Å². The van der Waals surface area contributed by atoms with Crippen molar-refractivity contribution in [3.8, 4) is 17.2 Å². The summed E-state index contributed by atoms with van der Waals surface area (Å²) in [5.41, 5.74) is 2.41. The van der Waals surface area contributed by atoms with Crippen molar-refractivity contribution < 1.29 is 14.2 Å². The molecule has 1 saturated heterocycles. The van der Waals surface area contributed by atoms with Crippen molar-refractivity contribution in [2.75, 3.05) is 52.4 Å². The van der Waals surface area contributed by atoms with Crippen LogP contribution in [0.3, 0.4) is 0 Å². The zero-order valence-electron chi connectivity index (χ0n) is 15.5. The van der Waals surface area contributed by atoms with Gasteiger partial charge >= 0.3 is 0 Å². The standard InChI is InChI=1S/C20H25BrN2O3/c1-24-17-6-4-16(5-7-17)23-10-8-22(9-11-23)14-15-12-18(21)20(26-3)13-19(15)25-2/h4-7,12-13H,8-11,14H2,1-3H3.